The van der Waals surface area contributed by atoms with Crippen LogP contribution in [0, 0.1) is 11.8 Å². The van der Waals surface area contributed by atoms with E-state index in [1.807, 2.05) is 0 Å². The number of rotatable bonds is 7. The second-order valence-corrected chi connectivity index (χ2v) is 9.50. The lowest BCUT2D eigenvalue weighted by molar-refractivity contribution is -0.233. The molecule has 3 atom stereocenters. The molecule has 4 saturated carbocycles. The average Bonchev–Trinajstić information content (AvgIpc) is 2.48. The lowest BCUT2D eigenvalue weighted by Crippen LogP contribution is -2.61. The first kappa shape index (κ1) is 17.5. The molecule has 1 heterocycles. The van der Waals surface area contributed by atoms with E-state index in [1.165, 1.54) is 12.8 Å². The maximum absolute atomic E-state index is 12.2. The lowest BCUT2D eigenvalue weighted by Gasteiger charge is -2.60. The molecule has 3 unspecified atom stereocenters. The van der Waals surface area contributed by atoms with E-state index in [9.17, 15) is 4.79 Å². The minimum absolute atomic E-state index is 0.0686. The molecule has 1 saturated heterocycles. The van der Waals surface area contributed by atoms with Crippen LogP contribution in [0.1, 0.15) is 71.6 Å². The molecular formula is C21H32O4. The molecule has 0 spiro atoms. The Labute approximate surface area is 151 Å². The van der Waals surface area contributed by atoms with Crippen molar-refractivity contribution in [1.29, 1.82) is 0 Å². The zero-order valence-corrected chi connectivity index (χ0v) is 15.8. The van der Waals surface area contributed by atoms with Crippen molar-refractivity contribution < 1.29 is 19.0 Å². The molecule has 5 fully saturated rings. The summed E-state index contributed by atoms with van der Waals surface area (Å²) >= 11 is 0. The summed E-state index contributed by atoms with van der Waals surface area (Å²) in [5.41, 5.74) is 0.215. The second kappa shape index (κ2) is 6.09. The Morgan fingerprint density at radius 3 is 2.40 bits per heavy atom. The summed E-state index contributed by atoms with van der Waals surface area (Å²) in [7, 11) is 0. The fourth-order valence-electron chi connectivity index (χ4n) is 6.05. The predicted molar refractivity (Wildman–Crippen MR) is 95.2 cm³/mol. The van der Waals surface area contributed by atoms with Gasteiger partial charge in [0, 0.05) is 18.6 Å². The van der Waals surface area contributed by atoms with Gasteiger partial charge in [-0.3, -0.25) is 0 Å². The molecule has 4 bridgehead atoms. The zero-order chi connectivity index (χ0) is 17.7. The van der Waals surface area contributed by atoms with Crippen molar-refractivity contribution in [3.8, 4) is 0 Å². The molecule has 5 aliphatic rings. The topological polar surface area (TPSA) is 44.8 Å². The van der Waals surface area contributed by atoms with Gasteiger partial charge < -0.3 is 14.2 Å². The molecule has 25 heavy (non-hydrogen) atoms. The van der Waals surface area contributed by atoms with Gasteiger partial charge >= 0.3 is 5.97 Å². The van der Waals surface area contributed by atoms with Crippen molar-refractivity contribution in [1.82, 2.24) is 0 Å². The molecule has 4 heteroatoms. The van der Waals surface area contributed by atoms with Gasteiger partial charge in [-0.2, -0.15) is 0 Å². The van der Waals surface area contributed by atoms with Gasteiger partial charge in [0.05, 0.1) is 17.8 Å². The minimum atomic E-state index is -0.302. The van der Waals surface area contributed by atoms with Crippen LogP contribution in [0.15, 0.2) is 12.2 Å². The van der Waals surface area contributed by atoms with Crippen molar-refractivity contribution in [3.63, 3.8) is 0 Å². The van der Waals surface area contributed by atoms with E-state index in [4.69, 9.17) is 14.2 Å². The minimum Gasteiger partial charge on any atom is -0.456 e. The first-order chi connectivity index (χ1) is 11.8. The van der Waals surface area contributed by atoms with Crippen LogP contribution in [-0.2, 0) is 19.0 Å². The van der Waals surface area contributed by atoms with Crippen molar-refractivity contribution >= 4 is 5.97 Å². The Hall–Kier alpha value is -0.870. The van der Waals surface area contributed by atoms with Crippen LogP contribution in [0.2, 0.25) is 0 Å². The number of hydrogen-bond acceptors (Lipinski definition) is 4. The van der Waals surface area contributed by atoms with Gasteiger partial charge in [0.25, 0.3) is 0 Å². The number of ether oxygens (including phenoxy) is 3. The molecule has 4 aliphatic carbocycles. The molecule has 140 valence electrons. The first-order valence-corrected chi connectivity index (χ1v) is 9.98. The highest BCUT2D eigenvalue weighted by Crippen LogP contribution is 2.60. The van der Waals surface area contributed by atoms with E-state index >= 15 is 0 Å². The van der Waals surface area contributed by atoms with Crippen LogP contribution >= 0.6 is 0 Å². The number of esters is 1. The molecular weight excluding hydrogens is 316 g/mol. The quantitative estimate of drug-likeness (QED) is 0.393. The van der Waals surface area contributed by atoms with E-state index < -0.39 is 0 Å². The van der Waals surface area contributed by atoms with E-state index in [-0.39, 0.29) is 22.8 Å². The third-order valence-corrected chi connectivity index (χ3v) is 6.95. The van der Waals surface area contributed by atoms with Gasteiger partial charge in [0.15, 0.2) is 0 Å². The maximum Gasteiger partial charge on any atom is 0.333 e. The van der Waals surface area contributed by atoms with Gasteiger partial charge in [0.1, 0.15) is 5.60 Å². The normalized spacial score (nSPS) is 44.4. The molecule has 4 nitrogen and oxygen atoms in total. The smallest absolute Gasteiger partial charge is 0.333 e. The Kier molecular flexibility index (Phi) is 4.27. The second-order valence-electron chi connectivity index (χ2n) is 9.50. The fourth-order valence-corrected chi connectivity index (χ4v) is 6.05. The van der Waals surface area contributed by atoms with Crippen molar-refractivity contribution in [2.24, 2.45) is 11.8 Å². The molecule has 0 radical (unpaired) electrons. The third-order valence-electron chi connectivity index (χ3n) is 6.95. The van der Waals surface area contributed by atoms with Gasteiger partial charge in [-0.25, -0.2) is 4.79 Å². The van der Waals surface area contributed by atoms with Crippen molar-refractivity contribution in [2.75, 3.05) is 13.2 Å². The van der Waals surface area contributed by atoms with Gasteiger partial charge in [-0.05, 0) is 77.0 Å². The predicted octanol–water partition coefficient (Wildman–Crippen LogP) is 4.17. The summed E-state index contributed by atoms with van der Waals surface area (Å²) in [5, 5.41) is 0. The molecule has 1 aliphatic heterocycles. The van der Waals surface area contributed by atoms with Crippen LogP contribution in [0.4, 0.5) is 0 Å². The highest BCUT2D eigenvalue weighted by atomic mass is 16.6. The number of carbonyl (C=O) groups is 1. The standard InChI is InChI=1S/C21H32O4/c1-15(2)18(22)25-21-12-16-9-17(13-21)11-20(10-16,14-21)24-7-4-5-19(3)6-8-23-19/h16-17H,1,4-14H2,2-3H3. The van der Waals surface area contributed by atoms with Crippen LogP contribution in [0.3, 0.4) is 0 Å². The third kappa shape index (κ3) is 3.40. The Morgan fingerprint density at radius 1 is 1.20 bits per heavy atom. The highest BCUT2D eigenvalue weighted by molar-refractivity contribution is 5.87. The van der Waals surface area contributed by atoms with Crippen LogP contribution < -0.4 is 0 Å². The van der Waals surface area contributed by atoms with Crippen molar-refractivity contribution in [3.05, 3.63) is 12.2 Å². The summed E-state index contributed by atoms with van der Waals surface area (Å²) in [6.45, 7) is 9.38. The zero-order valence-electron chi connectivity index (χ0n) is 15.8. The monoisotopic (exact) mass is 348 g/mol. The van der Waals surface area contributed by atoms with Gasteiger partial charge in [0.2, 0.25) is 0 Å². The summed E-state index contributed by atoms with van der Waals surface area (Å²) in [4.78, 5) is 12.2. The average molecular weight is 348 g/mol. The van der Waals surface area contributed by atoms with E-state index in [1.54, 1.807) is 6.92 Å². The van der Waals surface area contributed by atoms with E-state index in [0.717, 1.165) is 58.2 Å². The van der Waals surface area contributed by atoms with E-state index in [2.05, 4.69) is 13.5 Å². The highest BCUT2D eigenvalue weighted by Gasteiger charge is 2.60. The molecule has 0 aromatic carbocycles. The first-order valence-electron chi connectivity index (χ1n) is 9.98. The van der Waals surface area contributed by atoms with Gasteiger partial charge in [-0.1, -0.05) is 6.58 Å². The molecule has 0 aromatic heterocycles. The Balaban J connectivity index is 1.38. The largest absolute Gasteiger partial charge is 0.456 e. The SMILES string of the molecule is C=C(C)C(=O)OC12CC3CC(CC(OCCCC4(C)CCO4)(C3)C1)C2. The summed E-state index contributed by atoms with van der Waals surface area (Å²) in [6.07, 6.45) is 9.76. The molecule has 5 rings (SSSR count). The van der Waals surface area contributed by atoms with Crippen LogP contribution in [-0.4, -0.2) is 36.0 Å². The Bertz CT molecular complexity index is 548. The number of hydrogen-bond donors (Lipinski definition) is 0. The van der Waals surface area contributed by atoms with Crippen molar-refractivity contribution in [2.45, 2.75) is 88.4 Å². The van der Waals surface area contributed by atoms with Crippen LogP contribution in [0.25, 0.3) is 0 Å². The fraction of sp³-hybridized carbons (Fsp3) is 0.857. The maximum atomic E-state index is 12.2. The lowest BCUT2D eigenvalue weighted by atomic mass is 9.52. The summed E-state index contributed by atoms with van der Waals surface area (Å²) in [6, 6.07) is 0. The number of carbonyl (C=O) groups excluding carboxylic acids is 1. The summed E-state index contributed by atoms with van der Waals surface area (Å²) < 4.78 is 18.2. The van der Waals surface area contributed by atoms with Crippen LogP contribution in [0.5, 0.6) is 0 Å². The molecule has 0 amide bonds. The summed E-state index contributed by atoms with van der Waals surface area (Å²) in [5.74, 6) is 1.06. The van der Waals surface area contributed by atoms with E-state index in [0.29, 0.717) is 17.4 Å². The molecule has 0 N–H and O–H groups in total. The van der Waals surface area contributed by atoms with Gasteiger partial charge in [-0.15, -0.1) is 0 Å². The molecule has 0 aromatic rings. The Morgan fingerprint density at radius 2 is 1.84 bits per heavy atom.